The molecule has 0 aliphatic heterocycles. The van der Waals surface area contributed by atoms with E-state index in [1.807, 2.05) is 55.5 Å². The van der Waals surface area contributed by atoms with Crippen LogP contribution in [0.25, 0.3) is 22.4 Å². The molecule has 0 saturated carbocycles. The third-order valence-corrected chi connectivity index (χ3v) is 4.32. The average Bonchev–Trinajstić information content (AvgIpc) is 3.20. The Hall–Kier alpha value is -3.74. The monoisotopic (exact) mass is 374 g/mol. The quantitative estimate of drug-likeness (QED) is 0.575. The summed E-state index contributed by atoms with van der Waals surface area (Å²) in [6, 6.07) is 16.8. The summed E-state index contributed by atoms with van der Waals surface area (Å²) >= 11 is 0. The Balaban J connectivity index is 1.52. The topological polar surface area (TPSA) is 90.1 Å². The van der Waals surface area contributed by atoms with Gasteiger partial charge in [-0.1, -0.05) is 41.1 Å². The van der Waals surface area contributed by atoms with Crippen molar-refractivity contribution in [2.75, 3.05) is 7.11 Å². The molecule has 1 N–H and O–H groups in total. The smallest absolute Gasteiger partial charge is 0.257 e. The normalized spacial score (nSPS) is 10.8. The Bertz CT molecular complexity index is 1140. The Morgan fingerprint density at radius 3 is 2.68 bits per heavy atom. The lowest BCUT2D eigenvalue weighted by Gasteiger charge is -2.08. The number of rotatable bonds is 5. The molecular formula is C21H18N4O3. The number of fused-ring (bicyclic) bond motifs is 1. The summed E-state index contributed by atoms with van der Waals surface area (Å²) < 4.78 is 10.5. The van der Waals surface area contributed by atoms with Gasteiger partial charge < -0.3 is 14.6 Å². The first-order valence-electron chi connectivity index (χ1n) is 8.75. The Morgan fingerprint density at radius 1 is 1.11 bits per heavy atom. The van der Waals surface area contributed by atoms with Gasteiger partial charge in [-0.05, 0) is 25.1 Å². The van der Waals surface area contributed by atoms with Crippen molar-refractivity contribution in [3.63, 3.8) is 0 Å². The number of aromatic nitrogens is 3. The van der Waals surface area contributed by atoms with Gasteiger partial charge in [0.1, 0.15) is 0 Å². The van der Waals surface area contributed by atoms with Gasteiger partial charge in [0.2, 0.25) is 5.88 Å². The van der Waals surface area contributed by atoms with Crippen LogP contribution in [0.1, 0.15) is 21.7 Å². The number of hydrogen-bond acceptors (Lipinski definition) is 6. The molecule has 140 valence electrons. The average molecular weight is 374 g/mol. The lowest BCUT2D eigenvalue weighted by atomic mass is 10.1. The Labute approximate surface area is 161 Å². The van der Waals surface area contributed by atoms with Crippen molar-refractivity contribution >= 4 is 16.8 Å². The third kappa shape index (κ3) is 3.55. The number of carbonyl (C=O) groups is 1. The Kier molecular flexibility index (Phi) is 4.72. The second kappa shape index (κ2) is 7.48. The van der Waals surface area contributed by atoms with E-state index in [2.05, 4.69) is 20.4 Å². The predicted octanol–water partition coefficient (Wildman–Crippen LogP) is 3.53. The minimum Gasteiger partial charge on any atom is -0.481 e. The minimum atomic E-state index is -0.265. The molecule has 4 rings (SSSR count). The van der Waals surface area contributed by atoms with Crippen LogP contribution in [0.4, 0.5) is 0 Å². The van der Waals surface area contributed by atoms with E-state index in [1.54, 1.807) is 6.07 Å². The predicted molar refractivity (Wildman–Crippen MR) is 104 cm³/mol. The summed E-state index contributed by atoms with van der Waals surface area (Å²) in [5.41, 5.74) is 3.15. The summed E-state index contributed by atoms with van der Waals surface area (Å²) in [7, 11) is 1.52. The van der Waals surface area contributed by atoms with Gasteiger partial charge >= 0.3 is 0 Å². The summed E-state index contributed by atoms with van der Waals surface area (Å²) in [5, 5.41) is 7.51. The number of nitrogens with zero attached hydrogens (tertiary/aromatic N) is 3. The molecule has 1 amide bonds. The number of aryl methyl sites for hydroxylation is 1. The van der Waals surface area contributed by atoms with E-state index in [-0.39, 0.29) is 12.5 Å². The van der Waals surface area contributed by atoms with Crippen LogP contribution in [0.3, 0.4) is 0 Å². The highest BCUT2D eigenvalue weighted by Gasteiger charge is 2.15. The number of ether oxygens (including phenoxy) is 1. The van der Waals surface area contributed by atoms with E-state index >= 15 is 0 Å². The van der Waals surface area contributed by atoms with Crippen molar-refractivity contribution in [3.05, 3.63) is 71.5 Å². The maximum absolute atomic E-state index is 12.7. The van der Waals surface area contributed by atoms with Crippen molar-refractivity contribution in [1.29, 1.82) is 0 Å². The number of benzene rings is 2. The van der Waals surface area contributed by atoms with Crippen LogP contribution in [0.2, 0.25) is 0 Å². The second-order valence-electron chi connectivity index (χ2n) is 6.29. The highest BCUT2D eigenvalue weighted by molar-refractivity contribution is 6.06. The van der Waals surface area contributed by atoms with E-state index in [1.165, 1.54) is 7.11 Å². The van der Waals surface area contributed by atoms with Crippen molar-refractivity contribution in [2.45, 2.75) is 13.5 Å². The summed E-state index contributed by atoms with van der Waals surface area (Å²) in [6.45, 7) is 2.16. The van der Waals surface area contributed by atoms with E-state index < -0.39 is 0 Å². The zero-order chi connectivity index (χ0) is 19.5. The van der Waals surface area contributed by atoms with Crippen LogP contribution in [0.5, 0.6) is 5.88 Å². The van der Waals surface area contributed by atoms with Crippen LogP contribution in [-0.4, -0.2) is 28.1 Å². The number of nitrogens with one attached hydrogen (secondary N) is 1. The van der Waals surface area contributed by atoms with Gasteiger partial charge in [-0.2, -0.15) is 4.98 Å². The van der Waals surface area contributed by atoms with Gasteiger partial charge in [0.15, 0.2) is 5.82 Å². The van der Waals surface area contributed by atoms with Crippen molar-refractivity contribution in [1.82, 2.24) is 20.4 Å². The minimum absolute atomic E-state index is 0.146. The number of methoxy groups -OCH3 is 1. The fourth-order valence-corrected chi connectivity index (χ4v) is 2.84. The molecule has 2 aromatic heterocycles. The molecule has 28 heavy (non-hydrogen) atoms. The van der Waals surface area contributed by atoms with Gasteiger partial charge in [-0.3, -0.25) is 4.79 Å². The van der Waals surface area contributed by atoms with Crippen molar-refractivity contribution < 1.29 is 14.1 Å². The van der Waals surface area contributed by atoms with Crippen molar-refractivity contribution in [2.24, 2.45) is 0 Å². The summed E-state index contributed by atoms with van der Waals surface area (Å²) in [4.78, 5) is 21.4. The standard InChI is InChI=1S/C21H18N4O3/c1-13-7-9-14(10-8-13)21-24-18(25-28-21)12-22-20(26)16-11-19(27-2)23-17-6-4-3-5-15(16)17/h3-11H,12H2,1-2H3,(H,22,26). The molecule has 0 bridgehead atoms. The third-order valence-electron chi connectivity index (χ3n) is 4.32. The first-order valence-corrected chi connectivity index (χ1v) is 8.75. The molecule has 0 atom stereocenters. The highest BCUT2D eigenvalue weighted by atomic mass is 16.5. The van der Waals surface area contributed by atoms with Crippen LogP contribution < -0.4 is 10.1 Å². The second-order valence-corrected chi connectivity index (χ2v) is 6.29. The van der Waals surface area contributed by atoms with Gasteiger partial charge in [0.25, 0.3) is 11.8 Å². The lowest BCUT2D eigenvalue weighted by Crippen LogP contribution is -2.23. The molecule has 4 aromatic rings. The number of amides is 1. The fourth-order valence-electron chi connectivity index (χ4n) is 2.84. The maximum atomic E-state index is 12.7. The first kappa shape index (κ1) is 17.7. The molecule has 0 unspecified atom stereocenters. The summed E-state index contributed by atoms with van der Waals surface area (Å²) in [6.07, 6.45) is 0. The molecule has 0 radical (unpaired) electrons. The summed E-state index contributed by atoms with van der Waals surface area (Å²) in [5.74, 6) is 0.929. The SMILES string of the molecule is COc1cc(C(=O)NCc2noc(-c3ccc(C)cc3)n2)c2ccccc2n1. The van der Waals surface area contributed by atoms with E-state index in [9.17, 15) is 4.79 Å². The zero-order valence-electron chi connectivity index (χ0n) is 15.5. The van der Waals surface area contributed by atoms with E-state index in [0.717, 1.165) is 16.5 Å². The van der Waals surface area contributed by atoms with E-state index in [0.29, 0.717) is 28.7 Å². The largest absolute Gasteiger partial charge is 0.481 e. The van der Waals surface area contributed by atoms with Crippen LogP contribution in [0.15, 0.2) is 59.1 Å². The first-order chi connectivity index (χ1) is 13.6. The number of pyridine rings is 1. The fraction of sp³-hybridized carbons (Fsp3) is 0.143. The van der Waals surface area contributed by atoms with Gasteiger partial charge in [0, 0.05) is 17.0 Å². The number of para-hydroxylation sites is 1. The molecule has 0 spiro atoms. The Morgan fingerprint density at radius 2 is 1.89 bits per heavy atom. The number of carbonyl (C=O) groups excluding carboxylic acids is 1. The molecule has 2 aromatic carbocycles. The van der Waals surface area contributed by atoms with Gasteiger partial charge in [-0.15, -0.1) is 0 Å². The van der Waals surface area contributed by atoms with Crippen LogP contribution in [-0.2, 0) is 6.54 Å². The zero-order valence-corrected chi connectivity index (χ0v) is 15.5. The molecule has 7 nitrogen and oxygen atoms in total. The lowest BCUT2D eigenvalue weighted by molar-refractivity contribution is 0.0951. The molecule has 2 heterocycles. The van der Waals surface area contributed by atoms with Gasteiger partial charge in [0.05, 0.1) is 24.7 Å². The highest BCUT2D eigenvalue weighted by Crippen LogP contribution is 2.22. The molecule has 0 aliphatic rings. The van der Waals surface area contributed by atoms with E-state index in [4.69, 9.17) is 9.26 Å². The molecule has 0 aliphatic carbocycles. The van der Waals surface area contributed by atoms with Crippen LogP contribution in [0, 0.1) is 6.92 Å². The van der Waals surface area contributed by atoms with Crippen LogP contribution >= 0.6 is 0 Å². The molecule has 0 saturated heterocycles. The van der Waals surface area contributed by atoms with Gasteiger partial charge in [-0.25, -0.2) is 4.98 Å². The maximum Gasteiger partial charge on any atom is 0.257 e. The number of hydrogen-bond donors (Lipinski definition) is 1. The molecule has 0 fully saturated rings. The molecule has 7 heteroatoms. The van der Waals surface area contributed by atoms with Crippen molar-refractivity contribution in [3.8, 4) is 17.3 Å². The molecular weight excluding hydrogens is 356 g/mol.